The highest BCUT2D eigenvalue weighted by Crippen LogP contribution is 2.29. The van der Waals surface area contributed by atoms with Crippen LogP contribution in [0.15, 0.2) is 12.3 Å². The third kappa shape index (κ3) is 2.34. The van der Waals surface area contributed by atoms with Crippen LogP contribution in [0.4, 0.5) is 0 Å². The van der Waals surface area contributed by atoms with Gasteiger partial charge in [0.15, 0.2) is 5.82 Å². The van der Waals surface area contributed by atoms with Crippen molar-refractivity contribution in [1.82, 2.24) is 25.5 Å². The zero-order valence-corrected chi connectivity index (χ0v) is 9.22. The number of nitrogens with zero attached hydrogens (tertiary/aromatic N) is 4. The van der Waals surface area contributed by atoms with Gasteiger partial charge in [-0.15, -0.1) is 10.2 Å². The Balaban J connectivity index is 2.06. The molecule has 0 radical (unpaired) electrons. The highest BCUT2D eigenvalue weighted by atomic mass is 15.5. The molecule has 5 heteroatoms. The van der Waals surface area contributed by atoms with E-state index >= 15 is 0 Å². The summed E-state index contributed by atoms with van der Waals surface area (Å²) in [4.78, 5) is 2.30. The van der Waals surface area contributed by atoms with Gasteiger partial charge in [0, 0.05) is 6.54 Å². The Bertz CT molecular complexity index is 317. The number of likely N-dealkylation sites (tertiary alicyclic amines) is 1. The topological polar surface area (TPSA) is 57.7 Å². The number of aromatic nitrogens is 4. The van der Waals surface area contributed by atoms with Crippen LogP contribution in [0.25, 0.3) is 0 Å². The van der Waals surface area contributed by atoms with Crippen molar-refractivity contribution in [2.45, 2.75) is 32.7 Å². The second kappa shape index (κ2) is 4.42. The van der Waals surface area contributed by atoms with E-state index in [1.54, 1.807) is 0 Å². The molecule has 82 valence electrons. The molecule has 0 aliphatic carbocycles. The number of aromatic amines is 1. The first-order chi connectivity index (χ1) is 7.27. The van der Waals surface area contributed by atoms with Crippen LogP contribution in [-0.2, 0) is 0 Å². The number of rotatable bonds is 3. The zero-order chi connectivity index (χ0) is 10.7. The van der Waals surface area contributed by atoms with Gasteiger partial charge in [-0.3, -0.25) is 0 Å². The first kappa shape index (κ1) is 10.1. The van der Waals surface area contributed by atoms with Gasteiger partial charge in [0.2, 0.25) is 0 Å². The lowest BCUT2D eigenvalue weighted by molar-refractivity contribution is 0.342. The third-order valence-electron chi connectivity index (χ3n) is 2.62. The minimum atomic E-state index is 0.304. The van der Waals surface area contributed by atoms with Crippen LogP contribution in [0.2, 0.25) is 0 Å². The number of hydrogen-bond acceptors (Lipinski definition) is 4. The number of H-pyrrole nitrogens is 1. The fourth-order valence-corrected chi connectivity index (χ4v) is 1.84. The van der Waals surface area contributed by atoms with Crippen LogP contribution in [0, 0.1) is 5.92 Å². The van der Waals surface area contributed by atoms with E-state index in [1.807, 2.05) is 0 Å². The largest absolute Gasteiger partial charge is 0.367 e. The number of nitrogens with one attached hydrogen (secondary N) is 1. The molecule has 0 aromatic carbocycles. The predicted octanol–water partition coefficient (Wildman–Crippen LogP) is 1.51. The molecule has 1 fully saturated rings. The Morgan fingerprint density at radius 3 is 3.07 bits per heavy atom. The number of hydrogen-bond donors (Lipinski definition) is 1. The molecule has 1 saturated heterocycles. The smallest absolute Gasteiger partial charge is 0.196 e. The molecule has 1 aromatic rings. The first-order valence-corrected chi connectivity index (χ1v) is 5.45. The summed E-state index contributed by atoms with van der Waals surface area (Å²) in [5.74, 6) is 1.39. The molecule has 0 unspecified atom stereocenters. The summed E-state index contributed by atoms with van der Waals surface area (Å²) in [6.45, 7) is 5.44. The Morgan fingerprint density at radius 2 is 2.40 bits per heavy atom. The van der Waals surface area contributed by atoms with Crippen molar-refractivity contribution in [2.24, 2.45) is 5.92 Å². The molecule has 1 atom stereocenters. The summed E-state index contributed by atoms with van der Waals surface area (Å²) in [5.41, 5.74) is 0. The Kier molecular flexibility index (Phi) is 2.99. The van der Waals surface area contributed by atoms with Crippen LogP contribution in [0.1, 0.15) is 38.6 Å². The van der Waals surface area contributed by atoms with E-state index in [0.717, 1.165) is 18.8 Å². The van der Waals surface area contributed by atoms with E-state index in [9.17, 15) is 0 Å². The van der Waals surface area contributed by atoms with E-state index in [1.165, 1.54) is 6.42 Å². The highest BCUT2D eigenvalue weighted by molar-refractivity contribution is 4.99. The minimum absolute atomic E-state index is 0.304. The van der Waals surface area contributed by atoms with E-state index < -0.39 is 0 Å². The van der Waals surface area contributed by atoms with Crippen molar-refractivity contribution >= 4 is 0 Å². The summed E-state index contributed by atoms with van der Waals surface area (Å²) in [7, 11) is 0. The number of tetrazole rings is 1. The Labute approximate surface area is 89.6 Å². The van der Waals surface area contributed by atoms with Gasteiger partial charge in [0.25, 0.3) is 0 Å². The van der Waals surface area contributed by atoms with Crippen molar-refractivity contribution in [2.75, 3.05) is 6.54 Å². The molecule has 1 aromatic heterocycles. The van der Waals surface area contributed by atoms with Crippen molar-refractivity contribution in [1.29, 1.82) is 0 Å². The van der Waals surface area contributed by atoms with Gasteiger partial charge >= 0.3 is 0 Å². The molecular formula is C10H17N5. The van der Waals surface area contributed by atoms with Gasteiger partial charge in [0.1, 0.15) is 0 Å². The lowest BCUT2D eigenvalue weighted by Gasteiger charge is -2.19. The normalized spacial score (nSPS) is 22.1. The molecule has 1 aliphatic rings. The van der Waals surface area contributed by atoms with Crippen molar-refractivity contribution in [3.63, 3.8) is 0 Å². The summed E-state index contributed by atoms with van der Waals surface area (Å²) >= 11 is 0. The molecule has 2 heterocycles. The molecule has 0 bridgehead atoms. The zero-order valence-electron chi connectivity index (χ0n) is 9.22. The molecule has 5 nitrogen and oxygen atoms in total. The molecule has 0 saturated carbocycles. The third-order valence-corrected chi connectivity index (χ3v) is 2.62. The SMILES string of the molecule is CC(C)/C=C/N1CCC[C@H]1c1nn[nH]n1. The Morgan fingerprint density at radius 1 is 1.53 bits per heavy atom. The molecule has 1 aliphatic heterocycles. The molecule has 2 rings (SSSR count). The molecule has 0 amide bonds. The second-order valence-corrected chi connectivity index (χ2v) is 4.25. The van der Waals surface area contributed by atoms with Gasteiger partial charge in [-0.1, -0.05) is 25.1 Å². The van der Waals surface area contributed by atoms with Crippen LogP contribution >= 0.6 is 0 Å². The Hall–Kier alpha value is -1.39. The molecule has 15 heavy (non-hydrogen) atoms. The average Bonchev–Trinajstić information content (AvgIpc) is 2.85. The van der Waals surface area contributed by atoms with Crippen LogP contribution < -0.4 is 0 Å². The fourth-order valence-electron chi connectivity index (χ4n) is 1.84. The quantitative estimate of drug-likeness (QED) is 0.816. The summed E-state index contributed by atoms with van der Waals surface area (Å²) < 4.78 is 0. The van der Waals surface area contributed by atoms with E-state index in [2.05, 4.69) is 51.6 Å². The predicted molar refractivity (Wildman–Crippen MR) is 56.8 cm³/mol. The minimum Gasteiger partial charge on any atom is -0.367 e. The standard InChI is InChI=1S/C10H17N5/c1-8(2)5-7-15-6-3-4-9(15)10-11-13-14-12-10/h5,7-9H,3-4,6H2,1-2H3,(H,11,12,13,14)/b7-5+/t9-/m0/s1. The van der Waals surface area contributed by atoms with E-state index in [0.29, 0.717) is 12.0 Å². The van der Waals surface area contributed by atoms with Gasteiger partial charge < -0.3 is 4.90 Å². The molecular weight excluding hydrogens is 190 g/mol. The van der Waals surface area contributed by atoms with Crippen molar-refractivity contribution in [3.05, 3.63) is 18.1 Å². The summed E-state index contributed by atoms with van der Waals surface area (Å²) in [6, 6.07) is 0.304. The maximum absolute atomic E-state index is 4.05. The van der Waals surface area contributed by atoms with Crippen LogP contribution in [0.3, 0.4) is 0 Å². The van der Waals surface area contributed by atoms with Gasteiger partial charge in [-0.2, -0.15) is 5.21 Å². The summed E-state index contributed by atoms with van der Waals surface area (Å²) in [5, 5.41) is 14.2. The summed E-state index contributed by atoms with van der Waals surface area (Å²) in [6.07, 6.45) is 6.68. The highest BCUT2D eigenvalue weighted by Gasteiger charge is 2.26. The monoisotopic (exact) mass is 207 g/mol. The van der Waals surface area contributed by atoms with Gasteiger partial charge in [-0.25, -0.2) is 0 Å². The fraction of sp³-hybridized carbons (Fsp3) is 0.700. The number of allylic oxidation sites excluding steroid dienone is 1. The lowest BCUT2D eigenvalue weighted by atomic mass is 10.2. The van der Waals surface area contributed by atoms with Gasteiger partial charge in [0.05, 0.1) is 6.04 Å². The van der Waals surface area contributed by atoms with Crippen LogP contribution in [0.5, 0.6) is 0 Å². The average molecular weight is 207 g/mol. The molecule has 0 spiro atoms. The maximum Gasteiger partial charge on any atom is 0.196 e. The van der Waals surface area contributed by atoms with Gasteiger partial charge in [-0.05, 0) is 25.0 Å². The van der Waals surface area contributed by atoms with Crippen molar-refractivity contribution in [3.8, 4) is 0 Å². The lowest BCUT2D eigenvalue weighted by Crippen LogP contribution is -2.18. The second-order valence-electron chi connectivity index (χ2n) is 4.25. The maximum atomic E-state index is 4.05. The van der Waals surface area contributed by atoms with Crippen molar-refractivity contribution < 1.29 is 0 Å². The first-order valence-electron chi connectivity index (χ1n) is 5.45. The van der Waals surface area contributed by atoms with Crippen LogP contribution in [-0.4, -0.2) is 32.1 Å². The van der Waals surface area contributed by atoms with E-state index in [-0.39, 0.29) is 0 Å². The van der Waals surface area contributed by atoms with E-state index in [4.69, 9.17) is 0 Å². The molecule has 1 N–H and O–H groups in total.